The Morgan fingerprint density at radius 3 is 2.62 bits per heavy atom. The van der Waals surface area contributed by atoms with Crippen molar-refractivity contribution in [3.05, 3.63) is 40.9 Å². The van der Waals surface area contributed by atoms with Crippen LogP contribution in [0.15, 0.2) is 24.3 Å². The third-order valence-corrected chi connectivity index (χ3v) is 4.97. The lowest BCUT2D eigenvalue weighted by molar-refractivity contribution is 0.0681. The summed E-state index contributed by atoms with van der Waals surface area (Å²) in [5.41, 5.74) is 6.48. The maximum absolute atomic E-state index is 12.8. The van der Waals surface area contributed by atoms with Crippen molar-refractivity contribution in [3.8, 4) is 5.69 Å². The number of benzene rings is 1. The number of nitrogens with zero attached hydrogens (tertiary/aromatic N) is 4. The highest BCUT2D eigenvalue weighted by Gasteiger charge is 2.26. The van der Waals surface area contributed by atoms with Crippen LogP contribution in [0.4, 0.5) is 0 Å². The molecule has 6 nitrogen and oxygen atoms in total. The van der Waals surface area contributed by atoms with Gasteiger partial charge in [0, 0.05) is 19.5 Å². The van der Waals surface area contributed by atoms with Crippen molar-refractivity contribution in [2.75, 3.05) is 19.6 Å². The summed E-state index contributed by atoms with van der Waals surface area (Å²) in [6.07, 6.45) is 3.53. The van der Waals surface area contributed by atoms with Gasteiger partial charge in [-0.15, -0.1) is 17.5 Å². The summed E-state index contributed by atoms with van der Waals surface area (Å²) in [6, 6.07) is 7.47. The molecule has 142 valence electrons. The van der Waals surface area contributed by atoms with E-state index < -0.39 is 0 Å². The van der Waals surface area contributed by atoms with Gasteiger partial charge in [-0.25, -0.2) is 9.67 Å². The first-order valence-electron chi connectivity index (χ1n) is 8.84. The zero-order valence-corrected chi connectivity index (χ0v) is 16.5. The Labute approximate surface area is 165 Å². The largest absolute Gasteiger partial charge is 0.336 e. The highest BCUT2D eigenvalue weighted by atomic mass is 35.5. The number of nitrogens with two attached hydrogens (primary N) is 1. The van der Waals surface area contributed by atoms with Crippen LogP contribution in [0.5, 0.6) is 0 Å². The van der Waals surface area contributed by atoms with E-state index in [0.29, 0.717) is 30.6 Å². The minimum absolute atomic E-state index is 0. The molecule has 0 saturated carbocycles. The fraction of sp³-hybridized carbons (Fsp3) is 0.500. The number of hydrogen-bond acceptors (Lipinski definition) is 4. The van der Waals surface area contributed by atoms with Gasteiger partial charge in [0.15, 0.2) is 0 Å². The Bertz CT molecular complexity index is 741. The van der Waals surface area contributed by atoms with Crippen molar-refractivity contribution in [1.29, 1.82) is 0 Å². The van der Waals surface area contributed by atoms with Crippen LogP contribution in [0, 0.1) is 5.92 Å². The third kappa shape index (κ3) is 4.37. The Hall–Kier alpha value is -1.63. The number of piperidine rings is 1. The van der Waals surface area contributed by atoms with E-state index in [1.807, 2.05) is 29.2 Å². The van der Waals surface area contributed by atoms with Crippen LogP contribution in [0.3, 0.4) is 0 Å². The first kappa shape index (κ1) is 20.7. The second-order valence-corrected chi connectivity index (χ2v) is 6.84. The number of halogens is 2. The Morgan fingerprint density at radius 1 is 1.31 bits per heavy atom. The topological polar surface area (TPSA) is 77.0 Å². The minimum Gasteiger partial charge on any atom is -0.336 e. The van der Waals surface area contributed by atoms with Gasteiger partial charge >= 0.3 is 0 Å². The zero-order valence-electron chi connectivity index (χ0n) is 14.9. The van der Waals surface area contributed by atoms with Crippen molar-refractivity contribution in [1.82, 2.24) is 19.7 Å². The number of carbonyl (C=O) groups is 1. The first-order valence-corrected chi connectivity index (χ1v) is 9.22. The third-order valence-electron chi connectivity index (χ3n) is 4.65. The molecule has 3 rings (SSSR count). The predicted octanol–water partition coefficient (Wildman–Crippen LogP) is 3.11. The lowest BCUT2D eigenvalue weighted by Crippen LogP contribution is -2.40. The molecule has 0 spiro atoms. The quantitative estimate of drug-likeness (QED) is 0.840. The molecule has 0 bridgehead atoms. The second-order valence-electron chi connectivity index (χ2n) is 6.44. The highest BCUT2D eigenvalue weighted by molar-refractivity contribution is 6.32. The van der Waals surface area contributed by atoms with E-state index in [1.165, 1.54) is 0 Å². The summed E-state index contributed by atoms with van der Waals surface area (Å²) in [4.78, 5) is 19.1. The summed E-state index contributed by atoms with van der Waals surface area (Å²) in [5, 5.41) is 5.07. The molecule has 26 heavy (non-hydrogen) atoms. The molecule has 0 radical (unpaired) electrons. The van der Waals surface area contributed by atoms with Crippen molar-refractivity contribution < 1.29 is 4.79 Å². The van der Waals surface area contributed by atoms with Gasteiger partial charge < -0.3 is 10.6 Å². The molecule has 1 aliphatic rings. The van der Waals surface area contributed by atoms with Crippen LogP contribution < -0.4 is 5.73 Å². The lowest BCUT2D eigenvalue weighted by atomic mass is 9.97. The van der Waals surface area contributed by atoms with Crippen LogP contribution in [-0.2, 0) is 6.42 Å². The number of aromatic nitrogens is 3. The highest BCUT2D eigenvalue weighted by Crippen LogP contribution is 2.22. The van der Waals surface area contributed by atoms with E-state index in [1.54, 1.807) is 4.68 Å². The van der Waals surface area contributed by atoms with E-state index >= 15 is 0 Å². The van der Waals surface area contributed by atoms with E-state index in [4.69, 9.17) is 17.3 Å². The molecule has 1 saturated heterocycles. The fourth-order valence-electron chi connectivity index (χ4n) is 3.15. The molecule has 8 heteroatoms. The van der Waals surface area contributed by atoms with Gasteiger partial charge in [0.25, 0.3) is 5.91 Å². The van der Waals surface area contributed by atoms with E-state index in [9.17, 15) is 4.79 Å². The summed E-state index contributed by atoms with van der Waals surface area (Å²) in [7, 11) is 0. The van der Waals surface area contributed by atoms with E-state index in [2.05, 4.69) is 17.0 Å². The monoisotopic (exact) mass is 397 g/mol. The van der Waals surface area contributed by atoms with Crippen molar-refractivity contribution in [2.24, 2.45) is 11.7 Å². The Morgan fingerprint density at radius 2 is 2.00 bits per heavy atom. The average Bonchev–Trinajstić information content (AvgIpc) is 3.05. The van der Waals surface area contributed by atoms with Gasteiger partial charge in [-0.2, -0.15) is 0 Å². The fourth-order valence-corrected chi connectivity index (χ4v) is 3.37. The minimum atomic E-state index is -0.112. The maximum Gasteiger partial charge on any atom is 0.293 e. The molecule has 2 N–H and O–H groups in total. The van der Waals surface area contributed by atoms with Crippen LogP contribution in [0.25, 0.3) is 5.69 Å². The van der Waals surface area contributed by atoms with E-state index in [0.717, 1.165) is 37.2 Å². The van der Waals surface area contributed by atoms with Crippen LogP contribution in [-0.4, -0.2) is 45.2 Å². The molecular formula is C18H25Cl2N5O. The van der Waals surface area contributed by atoms with Crippen molar-refractivity contribution in [3.63, 3.8) is 0 Å². The molecular weight excluding hydrogens is 373 g/mol. The number of likely N-dealkylation sites (tertiary alicyclic amines) is 1. The number of hydrogen-bond donors (Lipinski definition) is 1. The standard InChI is InChI=1S/C18H24ClN5O.ClH/c1-2-5-16-21-17(18(25)23-10-8-13(12-20)9-11-23)22-24(16)15-7-4-3-6-14(15)19;/h3-4,6-7,13H,2,5,8-12,20H2,1H3;1H. The number of aryl methyl sites for hydroxylation is 1. The maximum atomic E-state index is 12.8. The van der Waals surface area contributed by atoms with Crippen LogP contribution >= 0.6 is 24.0 Å². The molecule has 1 aromatic heterocycles. The van der Waals surface area contributed by atoms with E-state index in [-0.39, 0.29) is 24.1 Å². The first-order chi connectivity index (χ1) is 12.1. The predicted molar refractivity (Wildman–Crippen MR) is 105 cm³/mol. The molecule has 0 atom stereocenters. The van der Waals surface area contributed by atoms with Crippen molar-refractivity contribution in [2.45, 2.75) is 32.6 Å². The van der Waals surface area contributed by atoms with Crippen molar-refractivity contribution >= 4 is 29.9 Å². The molecule has 0 unspecified atom stereocenters. The lowest BCUT2D eigenvalue weighted by Gasteiger charge is -2.30. The van der Waals surface area contributed by atoms with Gasteiger partial charge in [0.05, 0.1) is 10.7 Å². The smallest absolute Gasteiger partial charge is 0.293 e. The van der Waals surface area contributed by atoms with Gasteiger partial charge in [0.1, 0.15) is 5.82 Å². The SMILES string of the molecule is CCCc1nc(C(=O)N2CCC(CN)CC2)nn1-c1ccccc1Cl.Cl. The number of para-hydroxylation sites is 1. The Kier molecular flexibility index (Phi) is 7.43. The molecule has 2 heterocycles. The summed E-state index contributed by atoms with van der Waals surface area (Å²) in [6.45, 7) is 4.18. The Balaban J connectivity index is 0.00000243. The molecule has 2 aromatic rings. The molecule has 0 aliphatic carbocycles. The number of amides is 1. The molecule has 1 fully saturated rings. The second kappa shape index (κ2) is 9.35. The average molecular weight is 398 g/mol. The van der Waals surface area contributed by atoms with Gasteiger partial charge in [-0.3, -0.25) is 4.79 Å². The van der Waals surface area contributed by atoms with Gasteiger partial charge in [-0.05, 0) is 43.9 Å². The zero-order chi connectivity index (χ0) is 17.8. The molecule has 1 aliphatic heterocycles. The molecule has 1 amide bonds. The number of carbonyl (C=O) groups excluding carboxylic acids is 1. The van der Waals surface area contributed by atoms with Crippen LogP contribution in [0.2, 0.25) is 5.02 Å². The van der Waals surface area contributed by atoms with Gasteiger partial charge in [-0.1, -0.05) is 30.7 Å². The molecule has 1 aromatic carbocycles. The number of rotatable bonds is 5. The van der Waals surface area contributed by atoms with Crippen LogP contribution in [0.1, 0.15) is 42.6 Å². The summed E-state index contributed by atoms with van der Waals surface area (Å²) in [5.74, 6) is 1.40. The summed E-state index contributed by atoms with van der Waals surface area (Å²) < 4.78 is 1.70. The normalized spacial score (nSPS) is 15.0. The van der Waals surface area contributed by atoms with Gasteiger partial charge in [0.2, 0.25) is 5.82 Å². The summed E-state index contributed by atoms with van der Waals surface area (Å²) >= 11 is 6.30.